The summed E-state index contributed by atoms with van der Waals surface area (Å²) in [6.07, 6.45) is 2.50. The van der Waals surface area contributed by atoms with Gasteiger partial charge in [-0.05, 0) is 47.5 Å². The summed E-state index contributed by atoms with van der Waals surface area (Å²) in [6.45, 7) is 12.0. The van der Waals surface area contributed by atoms with Gasteiger partial charge >= 0.3 is 0 Å². The molecule has 0 amide bonds. The zero-order valence-corrected chi connectivity index (χ0v) is 11.9. The van der Waals surface area contributed by atoms with Crippen molar-refractivity contribution in [3.05, 3.63) is 0 Å². The van der Waals surface area contributed by atoms with Gasteiger partial charge in [0.05, 0.1) is 12.8 Å². The van der Waals surface area contributed by atoms with E-state index in [1.807, 2.05) is 0 Å². The van der Waals surface area contributed by atoms with Crippen molar-refractivity contribution in [3.63, 3.8) is 0 Å². The Labute approximate surface area is 106 Å². The molecule has 1 rings (SSSR count). The Balaban J connectivity index is 2.47. The van der Waals surface area contributed by atoms with E-state index >= 15 is 0 Å². The third-order valence-electron chi connectivity index (χ3n) is 3.24. The fraction of sp³-hybridized carbons (Fsp3) is 1.00. The molecule has 0 saturated carbocycles. The molecule has 1 aliphatic rings. The van der Waals surface area contributed by atoms with Crippen molar-refractivity contribution in [1.29, 1.82) is 0 Å². The summed E-state index contributed by atoms with van der Waals surface area (Å²) in [5.74, 6) is 0. The molecule has 1 saturated heterocycles. The van der Waals surface area contributed by atoms with Crippen molar-refractivity contribution in [3.8, 4) is 0 Å². The van der Waals surface area contributed by atoms with E-state index in [1.165, 1.54) is 0 Å². The van der Waals surface area contributed by atoms with Crippen LogP contribution >= 0.6 is 0 Å². The number of piperidine rings is 1. The lowest BCUT2D eigenvalue weighted by molar-refractivity contribution is 0.136. The number of aliphatic hydroxyl groups is 1. The largest absolute Gasteiger partial charge is 0.395 e. The molecular formula is C13H29N3O. The quantitative estimate of drug-likeness (QED) is 0.540. The molecule has 1 heterocycles. The molecule has 1 atom stereocenters. The fourth-order valence-corrected chi connectivity index (χ4v) is 3.13. The van der Waals surface area contributed by atoms with Crippen LogP contribution in [0, 0.1) is 0 Å². The number of hydrogen-bond acceptors (Lipinski definition) is 4. The lowest BCUT2D eigenvalue weighted by Gasteiger charge is -2.47. The van der Waals surface area contributed by atoms with E-state index in [4.69, 9.17) is 5.11 Å². The molecule has 0 spiro atoms. The standard InChI is InChI=1S/C13H29N3O/c1-10(14-6-7-17)15-11-8-12(2,3)16-13(4,5)9-11/h10-11,14-17H,6-9H2,1-5H3. The second-order valence-corrected chi connectivity index (χ2v) is 6.56. The van der Waals surface area contributed by atoms with E-state index in [0.717, 1.165) is 12.8 Å². The monoisotopic (exact) mass is 243 g/mol. The molecule has 1 unspecified atom stereocenters. The molecule has 1 fully saturated rings. The summed E-state index contributed by atoms with van der Waals surface area (Å²) in [5.41, 5.74) is 0.353. The predicted molar refractivity (Wildman–Crippen MR) is 72.0 cm³/mol. The maximum Gasteiger partial charge on any atom is 0.0556 e. The predicted octanol–water partition coefficient (Wildman–Crippen LogP) is 0.813. The van der Waals surface area contributed by atoms with E-state index in [-0.39, 0.29) is 23.9 Å². The minimum atomic E-state index is 0.177. The third kappa shape index (κ3) is 5.34. The summed E-state index contributed by atoms with van der Waals surface area (Å²) in [7, 11) is 0. The molecule has 0 aliphatic carbocycles. The van der Waals surface area contributed by atoms with Gasteiger partial charge in [0.15, 0.2) is 0 Å². The Hall–Kier alpha value is -0.160. The van der Waals surface area contributed by atoms with Crippen LogP contribution in [-0.4, -0.2) is 41.5 Å². The van der Waals surface area contributed by atoms with Gasteiger partial charge in [0.1, 0.15) is 0 Å². The van der Waals surface area contributed by atoms with Crippen molar-refractivity contribution >= 4 is 0 Å². The van der Waals surface area contributed by atoms with Crippen molar-refractivity contribution in [2.24, 2.45) is 0 Å². The third-order valence-corrected chi connectivity index (χ3v) is 3.24. The molecule has 0 radical (unpaired) electrons. The minimum absolute atomic E-state index is 0.177. The van der Waals surface area contributed by atoms with Gasteiger partial charge in [-0.2, -0.15) is 0 Å². The zero-order chi connectivity index (χ0) is 13.1. The molecule has 0 aromatic rings. The maximum absolute atomic E-state index is 8.79. The van der Waals surface area contributed by atoms with Gasteiger partial charge < -0.3 is 10.4 Å². The first-order chi connectivity index (χ1) is 7.74. The van der Waals surface area contributed by atoms with Gasteiger partial charge in [-0.3, -0.25) is 10.6 Å². The van der Waals surface area contributed by atoms with Crippen molar-refractivity contribution < 1.29 is 5.11 Å². The zero-order valence-electron chi connectivity index (χ0n) is 11.9. The number of rotatable bonds is 5. The molecule has 0 aromatic carbocycles. The van der Waals surface area contributed by atoms with Crippen molar-refractivity contribution in [2.45, 2.75) is 70.7 Å². The average molecular weight is 243 g/mol. The van der Waals surface area contributed by atoms with Crippen LogP contribution in [0.15, 0.2) is 0 Å². The van der Waals surface area contributed by atoms with Crippen LogP contribution in [0.5, 0.6) is 0 Å². The minimum Gasteiger partial charge on any atom is -0.395 e. The molecule has 4 N–H and O–H groups in total. The van der Waals surface area contributed by atoms with Crippen molar-refractivity contribution in [1.82, 2.24) is 16.0 Å². The van der Waals surface area contributed by atoms with Crippen molar-refractivity contribution in [2.75, 3.05) is 13.2 Å². The molecule has 0 aromatic heterocycles. The van der Waals surface area contributed by atoms with E-state index < -0.39 is 0 Å². The molecule has 102 valence electrons. The van der Waals surface area contributed by atoms with Gasteiger partial charge in [0.2, 0.25) is 0 Å². The van der Waals surface area contributed by atoms with E-state index in [9.17, 15) is 0 Å². The Kier molecular flexibility index (Phi) is 4.95. The molecule has 4 nitrogen and oxygen atoms in total. The van der Waals surface area contributed by atoms with Crippen LogP contribution in [0.3, 0.4) is 0 Å². The average Bonchev–Trinajstić information content (AvgIpc) is 2.09. The Bertz CT molecular complexity index is 225. The Morgan fingerprint density at radius 2 is 1.76 bits per heavy atom. The highest BCUT2D eigenvalue weighted by Gasteiger charge is 2.37. The van der Waals surface area contributed by atoms with Gasteiger partial charge in [0.25, 0.3) is 0 Å². The first kappa shape index (κ1) is 14.9. The fourth-order valence-electron chi connectivity index (χ4n) is 3.13. The van der Waals surface area contributed by atoms with E-state index in [0.29, 0.717) is 12.6 Å². The highest BCUT2D eigenvalue weighted by Crippen LogP contribution is 2.28. The summed E-state index contributed by atoms with van der Waals surface area (Å²) >= 11 is 0. The SMILES string of the molecule is CC(NCCO)NC1CC(C)(C)NC(C)(C)C1. The molecule has 1 aliphatic heterocycles. The van der Waals surface area contributed by atoms with Crippen LogP contribution in [-0.2, 0) is 0 Å². The van der Waals surface area contributed by atoms with Crippen LogP contribution in [0.2, 0.25) is 0 Å². The summed E-state index contributed by atoms with van der Waals surface area (Å²) in [5, 5.41) is 19.3. The molecular weight excluding hydrogens is 214 g/mol. The molecule has 17 heavy (non-hydrogen) atoms. The Morgan fingerprint density at radius 3 is 2.24 bits per heavy atom. The highest BCUT2D eigenvalue weighted by atomic mass is 16.3. The van der Waals surface area contributed by atoms with Crippen LogP contribution in [0.4, 0.5) is 0 Å². The van der Waals surface area contributed by atoms with Gasteiger partial charge in [-0.15, -0.1) is 0 Å². The topological polar surface area (TPSA) is 56.3 Å². The first-order valence-corrected chi connectivity index (χ1v) is 6.64. The second-order valence-electron chi connectivity index (χ2n) is 6.56. The summed E-state index contributed by atoms with van der Waals surface area (Å²) in [4.78, 5) is 0. The normalized spacial score (nSPS) is 25.8. The van der Waals surface area contributed by atoms with Crippen LogP contribution in [0.25, 0.3) is 0 Å². The Morgan fingerprint density at radius 1 is 1.24 bits per heavy atom. The number of hydrogen-bond donors (Lipinski definition) is 4. The van der Waals surface area contributed by atoms with Crippen LogP contribution < -0.4 is 16.0 Å². The molecule has 4 heteroatoms. The highest BCUT2D eigenvalue weighted by molar-refractivity contribution is 4.99. The van der Waals surface area contributed by atoms with Gasteiger partial charge in [-0.25, -0.2) is 0 Å². The van der Waals surface area contributed by atoms with Gasteiger partial charge in [-0.1, -0.05) is 0 Å². The van der Waals surface area contributed by atoms with E-state index in [1.54, 1.807) is 0 Å². The van der Waals surface area contributed by atoms with Crippen LogP contribution in [0.1, 0.15) is 47.5 Å². The lowest BCUT2D eigenvalue weighted by atomic mass is 9.79. The second kappa shape index (κ2) is 5.65. The lowest BCUT2D eigenvalue weighted by Crippen LogP contribution is -2.63. The smallest absolute Gasteiger partial charge is 0.0556 e. The number of nitrogens with one attached hydrogen (secondary N) is 3. The summed E-state index contributed by atoms with van der Waals surface area (Å²) in [6, 6.07) is 0.516. The number of aliphatic hydroxyl groups excluding tert-OH is 1. The van der Waals surface area contributed by atoms with E-state index in [2.05, 4.69) is 50.6 Å². The van der Waals surface area contributed by atoms with Gasteiger partial charge in [0, 0.05) is 23.7 Å². The first-order valence-electron chi connectivity index (χ1n) is 6.64. The summed E-state index contributed by atoms with van der Waals surface area (Å²) < 4.78 is 0. The molecule has 0 bridgehead atoms. The maximum atomic E-state index is 8.79.